The minimum absolute atomic E-state index is 0.145. The number of carboxylic acid groups (broad SMARTS) is 1. The van der Waals surface area contributed by atoms with Gasteiger partial charge in [0, 0.05) is 0 Å². The van der Waals surface area contributed by atoms with Crippen LogP contribution in [0.3, 0.4) is 0 Å². The molecule has 4 atom stereocenters. The second-order valence-electron chi connectivity index (χ2n) is 9.98. The van der Waals surface area contributed by atoms with Crippen LogP contribution in [0.1, 0.15) is 44.4 Å². The van der Waals surface area contributed by atoms with Crippen molar-refractivity contribution < 1.29 is 24.2 Å². The smallest absolute Gasteiger partial charge is 0.411 e. The first-order chi connectivity index (χ1) is 16.2. The Kier molecular flexibility index (Phi) is 6.46. The third-order valence-electron chi connectivity index (χ3n) is 6.26. The third-order valence-corrected chi connectivity index (χ3v) is 6.26. The van der Waals surface area contributed by atoms with Crippen LogP contribution in [-0.2, 0) is 14.3 Å². The van der Waals surface area contributed by atoms with Gasteiger partial charge < -0.3 is 14.7 Å². The van der Waals surface area contributed by atoms with E-state index in [0.717, 1.165) is 11.1 Å². The highest BCUT2D eigenvalue weighted by atomic mass is 16.6. The van der Waals surface area contributed by atoms with Gasteiger partial charge in [-0.15, -0.1) is 0 Å². The summed E-state index contributed by atoms with van der Waals surface area (Å²) in [5.41, 5.74) is 1.49. The summed E-state index contributed by atoms with van der Waals surface area (Å²) >= 11 is 0. The molecule has 2 aliphatic heterocycles. The maximum Gasteiger partial charge on any atom is 0.411 e. The first kappa shape index (κ1) is 23.5. The number of carbonyl (C=O) groups is 3. The van der Waals surface area contributed by atoms with Gasteiger partial charge in [0.05, 0.1) is 12.1 Å². The number of rotatable bonds is 7. The Hall–Kier alpha value is -3.61. The van der Waals surface area contributed by atoms with Crippen molar-refractivity contribution in [2.75, 3.05) is 6.61 Å². The molecule has 1 N–H and O–H groups in total. The van der Waals surface area contributed by atoms with Gasteiger partial charge in [-0.25, -0.2) is 9.59 Å². The zero-order valence-electron chi connectivity index (χ0n) is 19.6. The van der Waals surface area contributed by atoms with Gasteiger partial charge >= 0.3 is 12.1 Å². The fourth-order valence-electron chi connectivity index (χ4n) is 4.69. The average molecular weight is 463 g/mol. The molecule has 2 aromatic carbocycles. The van der Waals surface area contributed by atoms with Crippen LogP contribution in [0.5, 0.6) is 0 Å². The molecule has 2 saturated heterocycles. The molecule has 0 spiro atoms. The van der Waals surface area contributed by atoms with Crippen LogP contribution in [-0.4, -0.2) is 57.6 Å². The Morgan fingerprint density at radius 2 is 1.71 bits per heavy atom. The maximum absolute atomic E-state index is 13.5. The summed E-state index contributed by atoms with van der Waals surface area (Å²) in [6.07, 6.45) is 3.43. The summed E-state index contributed by atoms with van der Waals surface area (Å²) in [4.78, 5) is 41.4. The molecule has 0 saturated carbocycles. The van der Waals surface area contributed by atoms with Crippen molar-refractivity contribution in [1.82, 2.24) is 9.80 Å². The zero-order chi connectivity index (χ0) is 24.5. The minimum atomic E-state index is -1.05. The normalized spacial score (nSPS) is 23.7. The molecular weight excluding hydrogens is 432 g/mol. The fourth-order valence-corrected chi connectivity index (χ4v) is 4.69. The van der Waals surface area contributed by atoms with E-state index in [1.54, 1.807) is 0 Å². The first-order valence-electron chi connectivity index (χ1n) is 11.5. The van der Waals surface area contributed by atoms with Gasteiger partial charge in [0.2, 0.25) is 5.91 Å². The topological polar surface area (TPSA) is 87.2 Å². The van der Waals surface area contributed by atoms with Gasteiger partial charge in [-0.05, 0) is 23.0 Å². The number of likely N-dealkylation sites (tertiary alicyclic amines) is 1. The van der Waals surface area contributed by atoms with E-state index >= 15 is 0 Å². The van der Waals surface area contributed by atoms with E-state index < -0.39 is 36.2 Å². The molecule has 34 heavy (non-hydrogen) atoms. The van der Waals surface area contributed by atoms with Crippen molar-refractivity contribution in [2.24, 2.45) is 5.41 Å². The third kappa shape index (κ3) is 4.69. The monoisotopic (exact) mass is 462 g/mol. The molecule has 0 radical (unpaired) electrons. The highest BCUT2D eigenvalue weighted by molar-refractivity contribution is 5.97. The van der Waals surface area contributed by atoms with Crippen molar-refractivity contribution >= 4 is 24.0 Å². The van der Waals surface area contributed by atoms with E-state index in [4.69, 9.17) is 4.74 Å². The zero-order valence-corrected chi connectivity index (χ0v) is 19.6. The number of carboxylic acids is 1. The second kappa shape index (κ2) is 9.33. The lowest BCUT2D eigenvalue weighted by Gasteiger charge is -2.52. The van der Waals surface area contributed by atoms with Crippen LogP contribution in [0.4, 0.5) is 4.79 Å². The van der Waals surface area contributed by atoms with E-state index in [1.807, 2.05) is 93.6 Å². The van der Waals surface area contributed by atoms with Crippen LogP contribution in [0.15, 0.2) is 66.7 Å². The van der Waals surface area contributed by atoms with Crippen molar-refractivity contribution in [3.05, 3.63) is 77.9 Å². The second-order valence-corrected chi connectivity index (χ2v) is 9.98. The number of benzene rings is 2. The SMILES string of the molecule is CC(C)(C)CC(C(=O)O)N1C(=O)C(N2C(=O)OC[C@@H]2c2ccccc2)C1C=Cc1ccccc1. The Morgan fingerprint density at radius 1 is 1.09 bits per heavy atom. The Labute approximate surface area is 199 Å². The van der Waals surface area contributed by atoms with E-state index in [-0.39, 0.29) is 17.9 Å². The average Bonchev–Trinajstić information content (AvgIpc) is 3.17. The van der Waals surface area contributed by atoms with Crippen LogP contribution in [0.2, 0.25) is 0 Å². The maximum atomic E-state index is 13.5. The number of ether oxygens (including phenoxy) is 1. The molecule has 7 nitrogen and oxygen atoms in total. The number of hydrogen-bond donors (Lipinski definition) is 1. The highest BCUT2D eigenvalue weighted by Gasteiger charge is 2.58. The van der Waals surface area contributed by atoms with Gasteiger partial charge in [-0.3, -0.25) is 9.69 Å². The predicted octanol–water partition coefficient (Wildman–Crippen LogP) is 4.36. The number of nitrogens with zero attached hydrogens (tertiary/aromatic N) is 2. The first-order valence-corrected chi connectivity index (χ1v) is 11.5. The largest absolute Gasteiger partial charge is 0.480 e. The molecule has 7 heteroatoms. The molecule has 2 aromatic rings. The van der Waals surface area contributed by atoms with Gasteiger partial charge in [-0.2, -0.15) is 0 Å². The Balaban J connectivity index is 1.70. The Bertz CT molecular complexity index is 1080. The fraction of sp³-hybridized carbons (Fsp3) is 0.370. The molecule has 2 aliphatic rings. The van der Waals surface area contributed by atoms with Gasteiger partial charge in [0.1, 0.15) is 18.7 Å². The number of hydrogen-bond acceptors (Lipinski definition) is 4. The lowest BCUT2D eigenvalue weighted by molar-refractivity contribution is -0.169. The molecule has 0 aliphatic carbocycles. The van der Waals surface area contributed by atoms with E-state index in [0.29, 0.717) is 6.42 Å². The van der Waals surface area contributed by atoms with Crippen molar-refractivity contribution in [2.45, 2.75) is 51.4 Å². The number of carbonyl (C=O) groups excluding carboxylic acids is 2. The van der Waals surface area contributed by atoms with Crippen molar-refractivity contribution in [3.8, 4) is 0 Å². The number of β-lactam (4-membered cyclic amide) rings is 1. The van der Waals surface area contributed by atoms with E-state index in [9.17, 15) is 19.5 Å². The van der Waals surface area contributed by atoms with Crippen LogP contribution < -0.4 is 0 Å². The van der Waals surface area contributed by atoms with Crippen molar-refractivity contribution in [1.29, 1.82) is 0 Å². The number of cyclic esters (lactones) is 1. The van der Waals surface area contributed by atoms with Crippen LogP contribution in [0, 0.1) is 5.41 Å². The van der Waals surface area contributed by atoms with Crippen LogP contribution in [0.25, 0.3) is 6.08 Å². The molecule has 178 valence electrons. The predicted molar refractivity (Wildman–Crippen MR) is 128 cm³/mol. The number of amides is 2. The van der Waals surface area contributed by atoms with Gasteiger partial charge in [-0.1, -0.05) is 93.6 Å². The molecular formula is C27H30N2O5. The quantitative estimate of drug-likeness (QED) is 0.618. The van der Waals surface area contributed by atoms with Crippen molar-refractivity contribution in [3.63, 3.8) is 0 Å². The Morgan fingerprint density at radius 3 is 2.29 bits per heavy atom. The lowest BCUT2D eigenvalue weighted by atomic mass is 9.82. The summed E-state index contributed by atoms with van der Waals surface area (Å²) in [5, 5.41) is 10.0. The van der Waals surface area contributed by atoms with Crippen LogP contribution >= 0.6 is 0 Å². The summed E-state index contributed by atoms with van der Waals surface area (Å²) < 4.78 is 5.35. The molecule has 3 unspecified atom stereocenters. The summed E-state index contributed by atoms with van der Waals surface area (Å²) in [6, 6.07) is 16.2. The molecule has 0 aromatic heterocycles. The highest BCUT2D eigenvalue weighted by Crippen LogP contribution is 2.40. The summed E-state index contributed by atoms with van der Waals surface area (Å²) in [5.74, 6) is -1.43. The molecule has 2 amide bonds. The van der Waals surface area contributed by atoms with Gasteiger partial charge in [0.15, 0.2) is 0 Å². The minimum Gasteiger partial charge on any atom is -0.480 e. The molecule has 2 heterocycles. The number of aliphatic carboxylic acids is 1. The van der Waals surface area contributed by atoms with E-state index in [1.165, 1.54) is 9.80 Å². The lowest BCUT2D eigenvalue weighted by Crippen LogP contribution is -2.73. The summed E-state index contributed by atoms with van der Waals surface area (Å²) in [6.45, 7) is 5.99. The molecule has 0 bridgehead atoms. The van der Waals surface area contributed by atoms with E-state index in [2.05, 4.69) is 0 Å². The summed E-state index contributed by atoms with van der Waals surface area (Å²) in [7, 11) is 0. The van der Waals surface area contributed by atoms with Gasteiger partial charge in [0.25, 0.3) is 0 Å². The standard InChI is InChI=1S/C27H30N2O5/c1-27(2,3)16-21(25(31)32)28-20(15-14-18-10-6-4-7-11-18)23(24(28)30)29-22(17-34-26(29)33)19-12-8-5-9-13-19/h4-15,20-23H,16-17H2,1-3H3,(H,31,32)/t20?,21?,22-,23?/m1/s1. The molecule has 2 fully saturated rings. The molecule has 4 rings (SSSR count).